The van der Waals surface area contributed by atoms with E-state index in [2.05, 4.69) is 17.4 Å². The summed E-state index contributed by atoms with van der Waals surface area (Å²) in [5, 5.41) is 7.74. The summed E-state index contributed by atoms with van der Waals surface area (Å²) in [7, 11) is 0. The summed E-state index contributed by atoms with van der Waals surface area (Å²) < 4.78 is 1.82. The molecule has 0 atom stereocenters. The predicted octanol–water partition coefficient (Wildman–Crippen LogP) is 5.16. The first-order valence-electron chi connectivity index (χ1n) is 9.24. The molecule has 4 nitrogen and oxygen atoms in total. The van der Waals surface area contributed by atoms with Crippen LogP contribution in [0.25, 0.3) is 11.3 Å². The molecule has 0 fully saturated rings. The van der Waals surface area contributed by atoms with E-state index in [0.717, 1.165) is 22.4 Å². The lowest BCUT2D eigenvalue weighted by Crippen LogP contribution is -2.13. The number of hydrogen-bond donors (Lipinski definition) is 1. The van der Waals surface area contributed by atoms with Gasteiger partial charge in [0.2, 0.25) is 0 Å². The van der Waals surface area contributed by atoms with Crippen LogP contribution in [0.3, 0.4) is 0 Å². The van der Waals surface area contributed by atoms with Crippen molar-refractivity contribution in [1.29, 1.82) is 0 Å². The quantitative estimate of drug-likeness (QED) is 0.530. The molecule has 0 unspecified atom stereocenters. The molecule has 0 bridgehead atoms. The number of aryl methyl sites for hydroxylation is 1. The van der Waals surface area contributed by atoms with E-state index in [1.54, 1.807) is 0 Å². The standard InChI is InChI=1S/C24H21N3O/c1-18-10-8-9-15-22(18)25-24(28)21-17-27(16-19-11-4-2-5-12-19)26-23(21)20-13-6-3-7-14-20/h2-15,17H,16H2,1H3,(H,25,28). The van der Waals surface area contributed by atoms with Crippen molar-refractivity contribution >= 4 is 11.6 Å². The van der Waals surface area contributed by atoms with E-state index < -0.39 is 0 Å². The molecule has 1 amide bonds. The highest BCUT2D eigenvalue weighted by molar-refractivity contribution is 6.08. The molecule has 3 aromatic carbocycles. The summed E-state index contributed by atoms with van der Waals surface area (Å²) in [6.07, 6.45) is 1.82. The molecule has 0 aliphatic rings. The van der Waals surface area contributed by atoms with E-state index in [0.29, 0.717) is 17.8 Å². The molecule has 1 aromatic heterocycles. The van der Waals surface area contributed by atoms with Gasteiger partial charge in [-0.15, -0.1) is 0 Å². The molecular formula is C24H21N3O. The second kappa shape index (κ2) is 7.92. The molecule has 0 radical (unpaired) electrons. The minimum absolute atomic E-state index is 0.160. The average Bonchev–Trinajstić information content (AvgIpc) is 3.15. The number of anilines is 1. The van der Waals surface area contributed by atoms with Gasteiger partial charge in [0.05, 0.1) is 12.1 Å². The maximum atomic E-state index is 13.1. The van der Waals surface area contributed by atoms with Gasteiger partial charge in [0.15, 0.2) is 0 Å². The Bertz CT molecular complexity index is 1090. The second-order valence-corrected chi connectivity index (χ2v) is 6.71. The van der Waals surface area contributed by atoms with Crippen LogP contribution in [0.4, 0.5) is 5.69 Å². The van der Waals surface area contributed by atoms with Crippen LogP contribution < -0.4 is 5.32 Å². The number of hydrogen-bond acceptors (Lipinski definition) is 2. The zero-order chi connectivity index (χ0) is 19.3. The first-order chi connectivity index (χ1) is 13.7. The van der Waals surface area contributed by atoms with Crippen molar-refractivity contribution in [3.05, 3.63) is 108 Å². The molecule has 1 N–H and O–H groups in total. The fraction of sp³-hybridized carbons (Fsp3) is 0.0833. The molecule has 0 aliphatic heterocycles. The van der Waals surface area contributed by atoms with Crippen LogP contribution in [0.5, 0.6) is 0 Å². The second-order valence-electron chi connectivity index (χ2n) is 6.71. The Kier molecular flexibility index (Phi) is 5.02. The topological polar surface area (TPSA) is 46.9 Å². The highest BCUT2D eigenvalue weighted by Gasteiger charge is 2.18. The third kappa shape index (κ3) is 3.86. The molecule has 1 heterocycles. The molecule has 0 spiro atoms. The molecule has 138 valence electrons. The van der Waals surface area contributed by atoms with Crippen LogP contribution in [0, 0.1) is 6.92 Å². The molecular weight excluding hydrogens is 346 g/mol. The monoisotopic (exact) mass is 367 g/mol. The third-order valence-electron chi connectivity index (χ3n) is 4.63. The Morgan fingerprint density at radius 1 is 0.893 bits per heavy atom. The van der Waals surface area contributed by atoms with Gasteiger partial charge in [0, 0.05) is 17.4 Å². The molecule has 0 aliphatic carbocycles. The molecule has 4 aromatic rings. The Labute approximate surface area is 164 Å². The SMILES string of the molecule is Cc1ccccc1NC(=O)c1cn(Cc2ccccc2)nc1-c1ccccc1. The van der Waals surface area contributed by atoms with E-state index in [4.69, 9.17) is 5.10 Å². The normalized spacial score (nSPS) is 10.6. The Morgan fingerprint density at radius 3 is 2.25 bits per heavy atom. The van der Waals surface area contributed by atoms with Crippen molar-refractivity contribution in [2.75, 3.05) is 5.32 Å². The first-order valence-corrected chi connectivity index (χ1v) is 9.24. The van der Waals surface area contributed by atoms with Gasteiger partial charge in [0.1, 0.15) is 5.69 Å². The number of benzene rings is 3. The zero-order valence-electron chi connectivity index (χ0n) is 15.7. The van der Waals surface area contributed by atoms with Crippen LogP contribution in [0.2, 0.25) is 0 Å². The van der Waals surface area contributed by atoms with E-state index in [1.165, 1.54) is 0 Å². The number of rotatable bonds is 5. The summed E-state index contributed by atoms with van der Waals surface area (Å²) >= 11 is 0. The number of carbonyl (C=O) groups excluding carboxylic acids is 1. The molecule has 4 rings (SSSR count). The molecule has 0 saturated carbocycles. The lowest BCUT2D eigenvalue weighted by atomic mass is 10.1. The van der Waals surface area contributed by atoms with Gasteiger partial charge >= 0.3 is 0 Å². The van der Waals surface area contributed by atoms with Crippen LogP contribution in [0.1, 0.15) is 21.5 Å². The van der Waals surface area contributed by atoms with Gasteiger partial charge in [-0.2, -0.15) is 5.10 Å². The van der Waals surface area contributed by atoms with E-state index in [1.807, 2.05) is 90.6 Å². The molecule has 0 saturated heterocycles. The Hall–Kier alpha value is -3.66. The first kappa shape index (κ1) is 17.7. The summed E-state index contributed by atoms with van der Waals surface area (Å²) in [5.41, 5.74) is 5.13. The van der Waals surface area contributed by atoms with Crippen molar-refractivity contribution in [2.45, 2.75) is 13.5 Å². The summed E-state index contributed by atoms with van der Waals surface area (Å²) in [6, 6.07) is 27.7. The van der Waals surface area contributed by atoms with Crippen molar-refractivity contribution in [3.8, 4) is 11.3 Å². The fourth-order valence-electron chi connectivity index (χ4n) is 3.15. The average molecular weight is 367 g/mol. The minimum Gasteiger partial charge on any atom is -0.322 e. The Balaban J connectivity index is 1.70. The van der Waals surface area contributed by atoms with Gasteiger partial charge in [-0.1, -0.05) is 78.9 Å². The highest BCUT2D eigenvalue weighted by atomic mass is 16.1. The largest absolute Gasteiger partial charge is 0.322 e. The number of para-hydroxylation sites is 1. The number of aromatic nitrogens is 2. The van der Waals surface area contributed by atoms with Crippen molar-refractivity contribution in [1.82, 2.24) is 9.78 Å². The number of carbonyl (C=O) groups is 1. The van der Waals surface area contributed by atoms with Crippen molar-refractivity contribution in [2.24, 2.45) is 0 Å². The number of amides is 1. The maximum absolute atomic E-state index is 13.1. The number of nitrogens with one attached hydrogen (secondary N) is 1. The zero-order valence-corrected chi connectivity index (χ0v) is 15.7. The van der Waals surface area contributed by atoms with E-state index in [9.17, 15) is 4.79 Å². The minimum atomic E-state index is -0.160. The van der Waals surface area contributed by atoms with E-state index >= 15 is 0 Å². The maximum Gasteiger partial charge on any atom is 0.259 e. The number of nitrogens with zero attached hydrogens (tertiary/aromatic N) is 2. The molecule has 28 heavy (non-hydrogen) atoms. The summed E-state index contributed by atoms with van der Waals surface area (Å²) in [6.45, 7) is 2.59. The smallest absolute Gasteiger partial charge is 0.259 e. The van der Waals surface area contributed by atoms with Crippen LogP contribution in [0.15, 0.2) is 91.1 Å². The van der Waals surface area contributed by atoms with Gasteiger partial charge in [0.25, 0.3) is 5.91 Å². The van der Waals surface area contributed by atoms with Gasteiger partial charge in [-0.05, 0) is 24.1 Å². The third-order valence-corrected chi connectivity index (χ3v) is 4.63. The van der Waals surface area contributed by atoms with Crippen molar-refractivity contribution < 1.29 is 4.79 Å². The highest BCUT2D eigenvalue weighted by Crippen LogP contribution is 2.24. The lowest BCUT2D eigenvalue weighted by Gasteiger charge is -2.08. The summed E-state index contributed by atoms with van der Waals surface area (Å²) in [4.78, 5) is 13.1. The van der Waals surface area contributed by atoms with Gasteiger partial charge in [-0.25, -0.2) is 0 Å². The summed E-state index contributed by atoms with van der Waals surface area (Å²) in [5.74, 6) is -0.160. The van der Waals surface area contributed by atoms with Crippen LogP contribution in [-0.4, -0.2) is 15.7 Å². The molecule has 4 heteroatoms. The lowest BCUT2D eigenvalue weighted by molar-refractivity contribution is 0.102. The van der Waals surface area contributed by atoms with Crippen LogP contribution >= 0.6 is 0 Å². The predicted molar refractivity (Wildman–Crippen MR) is 112 cm³/mol. The van der Waals surface area contributed by atoms with Crippen LogP contribution in [-0.2, 0) is 6.54 Å². The van der Waals surface area contributed by atoms with Gasteiger partial charge in [-0.3, -0.25) is 9.48 Å². The Morgan fingerprint density at radius 2 is 1.54 bits per heavy atom. The fourth-order valence-corrected chi connectivity index (χ4v) is 3.15. The van der Waals surface area contributed by atoms with E-state index in [-0.39, 0.29) is 5.91 Å². The van der Waals surface area contributed by atoms with Gasteiger partial charge < -0.3 is 5.32 Å². The van der Waals surface area contributed by atoms with Crippen molar-refractivity contribution in [3.63, 3.8) is 0 Å².